The maximum absolute atomic E-state index is 5.35. The summed E-state index contributed by atoms with van der Waals surface area (Å²) in [6, 6.07) is 1.65. The Balaban J connectivity index is 3.14. The first-order chi connectivity index (χ1) is 3.70. The summed E-state index contributed by atoms with van der Waals surface area (Å²) in [6.45, 7) is 0. The van der Waals surface area contributed by atoms with Crippen molar-refractivity contribution in [2.75, 3.05) is 17.2 Å². The number of hydrogen-bond donors (Lipinski definition) is 3. The van der Waals surface area contributed by atoms with Gasteiger partial charge in [0.05, 0.1) is 10.7 Å². The lowest BCUT2D eigenvalue weighted by atomic mass is 10.5. The highest BCUT2D eigenvalue weighted by Gasteiger charge is 1.96. The number of rotatable bonds is 0. The number of thiophene rings is 1. The second kappa shape index (κ2) is 1.56. The van der Waals surface area contributed by atoms with Crippen molar-refractivity contribution < 1.29 is 0 Å². The fraction of sp³-hybridized carbons (Fsp3) is 0. The average Bonchev–Trinajstić information content (AvgIpc) is 1.85. The first kappa shape index (κ1) is 5.24. The van der Waals surface area contributed by atoms with Crippen molar-refractivity contribution in [1.82, 2.24) is 0 Å². The van der Waals surface area contributed by atoms with Crippen LogP contribution in [0.15, 0.2) is 6.07 Å². The summed E-state index contributed by atoms with van der Waals surface area (Å²) in [7, 11) is 0. The van der Waals surface area contributed by atoms with Gasteiger partial charge in [0, 0.05) is 0 Å². The second-order valence-electron chi connectivity index (χ2n) is 1.47. The summed E-state index contributed by atoms with van der Waals surface area (Å²) < 4.78 is 0. The van der Waals surface area contributed by atoms with Crippen LogP contribution in [0.4, 0.5) is 15.7 Å². The Hall–Kier alpha value is -0.900. The van der Waals surface area contributed by atoms with E-state index in [4.69, 9.17) is 17.2 Å². The summed E-state index contributed by atoms with van der Waals surface area (Å²) in [4.78, 5) is 0. The quantitative estimate of drug-likeness (QED) is 0.477. The molecule has 0 saturated carbocycles. The zero-order valence-electron chi connectivity index (χ0n) is 4.22. The molecule has 0 bridgehead atoms. The van der Waals surface area contributed by atoms with Crippen molar-refractivity contribution >= 4 is 27.0 Å². The molecule has 1 aromatic heterocycles. The second-order valence-corrected chi connectivity index (χ2v) is 2.58. The van der Waals surface area contributed by atoms with E-state index in [0.29, 0.717) is 15.7 Å². The molecule has 8 heavy (non-hydrogen) atoms. The third-order valence-electron chi connectivity index (χ3n) is 0.810. The van der Waals surface area contributed by atoms with E-state index >= 15 is 0 Å². The predicted molar refractivity (Wildman–Crippen MR) is 37.6 cm³/mol. The van der Waals surface area contributed by atoms with Crippen molar-refractivity contribution in [2.45, 2.75) is 0 Å². The minimum Gasteiger partial charge on any atom is -0.396 e. The number of anilines is 3. The number of hydrogen-bond acceptors (Lipinski definition) is 4. The standard InChI is InChI=1S/C4H7N3S/c5-2-1-3(6)8-4(2)7/h1H,5-7H2. The van der Waals surface area contributed by atoms with Gasteiger partial charge in [-0.3, -0.25) is 0 Å². The van der Waals surface area contributed by atoms with Crippen molar-refractivity contribution in [2.24, 2.45) is 0 Å². The predicted octanol–water partition coefficient (Wildman–Crippen LogP) is 0.495. The summed E-state index contributed by atoms with van der Waals surface area (Å²) >= 11 is 1.30. The van der Waals surface area contributed by atoms with Crippen molar-refractivity contribution in [1.29, 1.82) is 0 Å². The van der Waals surface area contributed by atoms with Crippen LogP contribution in [-0.2, 0) is 0 Å². The highest BCUT2D eigenvalue weighted by molar-refractivity contribution is 7.20. The Kier molecular flexibility index (Phi) is 1.02. The van der Waals surface area contributed by atoms with Crippen LogP contribution in [0.5, 0.6) is 0 Å². The van der Waals surface area contributed by atoms with Crippen LogP contribution in [0, 0.1) is 0 Å². The molecule has 0 amide bonds. The molecule has 0 aliphatic carbocycles. The van der Waals surface area contributed by atoms with Crippen molar-refractivity contribution in [3.63, 3.8) is 0 Å². The molecular weight excluding hydrogens is 122 g/mol. The molecule has 0 aromatic carbocycles. The fourth-order valence-electron chi connectivity index (χ4n) is 0.440. The van der Waals surface area contributed by atoms with Crippen LogP contribution in [0.2, 0.25) is 0 Å². The Labute approximate surface area is 51.1 Å². The van der Waals surface area contributed by atoms with Crippen LogP contribution in [-0.4, -0.2) is 0 Å². The Bertz CT molecular complexity index is 174. The van der Waals surface area contributed by atoms with E-state index in [1.807, 2.05) is 0 Å². The Morgan fingerprint density at radius 3 is 2.00 bits per heavy atom. The van der Waals surface area contributed by atoms with Gasteiger partial charge >= 0.3 is 0 Å². The van der Waals surface area contributed by atoms with Gasteiger partial charge in [0.15, 0.2) is 0 Å². The van der Waals surface area contributed by atoms with Gasteiger partial charge in [0.25, 0.3) is 0 Å². The monoisotopic (exact) mass is 129 g/mol. The van der Waals surface area contributed by atoms with Gasteiger partial charge in [0.1, 0.15) is 5.00 Å². The SMILES string of the molecule is Nc1cc(N)c(N)s1. The highest BCUT2D eigenvalue weighted by atomic mass is 32.1. The zero-order valence-corrected chi connectivity index (χ0v) is 5.03. The van der Waals surface area contributed by atoms with Gasteiger partial charge in [-0.25, -0.2) is 0 Å². The largest absolute Gasteiger partial charge is 0.396 e. The van der Waals surface area contributed by atoms with E-state index in [1.165, 1.54) is 11.3 Å². The van der Waals surface area contributed by atoms with Crippen molar-refractivity contribution in [3.05, 3.63) is 6.07 Å². The molecule has 3 nitrogen and oxygen atoms in total. The molecule has 0 atom stereocenters. The van der Waals surface area contributed by atoms with Gasteiger partial charge < -0.3 is 17.2 Å². The van der Waals surface area contributed by atoms with Crippen molar-refractivity contribution in [3.8, 4) is 0 Å². The molecule has 4 heteroatoms. The first-order valence-electron chi connectivity index (χ1n) is 2.10. The molecule has 0 spiro atoms. The number of nitrogens with two attached hydrogens (primary N) is 3. The summed E-state index contributed by atoms with van der Waals surface area (Å²) in [5.41, 5.74) is 16.6. The van der Waals surface area contributed by atoms with Gasteiger partial charge in [-0.2, -0.15) is 0 Å². The van der Waals surface area contributed by atoms with E-state index in [0.717, 1.165) is 0 Å². The molecule has 0 aliphatic heterocycles. The molecule has 1 rings (SSSR count). The van der Waals surface area contributed by atoms with Gasteiger partial charge in [-0.15, -0.1) is 0 Å². The third kappa shape index (κ3) is 0.696. The highest BCUT2D eigenvalue weighted by Crippen LogP contribution is 2.28. The lowest BCUT2D eigenvalue weighted by Crippen LogP contribution is -1.86. The molecule has 44 valence electrons. The normalized spacial score (nSPS) is 9.50. The van der Waals surface area contributed by atoms with Gasteiger partial charge in [0.2, 0.25) is 0 Å². The molecule has 6 N–H and O–H groups in total. The Morgan fingerprint density at radius 2 is 1.88 bits per heavy atom. The van der Waals surface area contributed by atoms with Crippen LogP contribution in [0.1, 0.15) is 0 Å². The topological polar surface area (TPSA) is 78.1 Å². The lowest BCUT2D eigenvalue weighted by molar-refractivity contribution is 1.83. The van der Waals surface area contributed by atoms with E-state index in [1.54, 1.807) is 6.07 Å². The van der Waals surface area contributed by atoms with E-state index in [-0.39, 0.29) is 0 Å². The van der Waals surface area contributed by atoms with E-state index < -0.39 is 0 Å². The maximum Gasteiger partial charge on any atom is 0.111 e. The zero-order chi connectivity index (χ0) is 6.15. The molecule has 1 aromatic rings. The number of nitrogen functional groups attached to an aromatic ring is 3. The fourth-order valence-corrected chi connectivity index (χ4v) is 1.06. The molecule has 0 unspecified atom stereocenters. The van der Waals surface area contributed by atoms with Crippen LogP contribution in [0.3, 0.4) is 0 Å². The summed E-state index contributed by atoms with van der Waals surface area (Å²) in [5.74, 6) is 0. The minimum absolute atomic E-state index is 0.576. The van der Waals surface area contributed by atoms with E-state index in [2.05, 4.69) is 0 Å². The van der Waals surface area contributed by atoms with E-state index in [9.17, 15) is 0 Å². The molecule has 0 radical (unpaired) electrons. The molecule has 0 aliphatic rings. The van der Waals surface area contributed by atoms with Crippen LogP contribution < -0.4 is 17.2 Å². The first-order valence-corrected chi connectivity index (χ1v) is 2.92. The van der Waals surface area contributed by atoms with Crippen LogP contribution >= 0.6 is 11.3 Å². The molecular formula is C4H7N3S. The van der Waals surface area contributed by atoms with Crippen LogP contribution in [0.25, 0.3) is 0 Å². The smallest absolute Gasteiger partial charge is 0.111 e. The maximum atomic E-state index is 5.35. The summed E-state index contributed by atoms with van der Waals surface area (Å²) in [5, 5.41) is 1.27. The average molecular weight is 129 g/mol. The lowest BCUT2D eigenvalue weighted by Gasteiger charge is -1.81. The molecule has 0 fully saturated rings. The molecule has 1 heterocycles. The molecule has 0 saturated heterocycles. The van der Waals surface area contributed by atoms with Gasteiger partial charge in [-0.05, 0) is 6.07 Å². The minimum atomic E-state index is 0.576. The van der Waals surface area contributed by atoms with Gasteiger partial charge in [-0.1, -0.05) is 11.3 Å². The third-order valence-corrected chi connectivity index (χ3v) is 1.62. The Morgan fingerprint density at radius 1 is 1.25 bits per heavy atom. The summed E-state index contributed by atoms with van der Waals surface area (Å²) in [6.07, 6.45) is 0.